The molecule has 1 heteroatoms. The number of carbonyl (C=O) groups is 1. The Morgan fingerprint density at radius 3 is 2.69 bits per heavy atom. The third kappa shape index (κ3) is 0.902. The molecule has 2 aliphatic carbocycles. The standard InChI is InChI=1S/C12H12O/c13-12-7-11-9-4-2-1-3-8(9)5-6-10(11)12/h5-6H,1-4,7H2. The lowest BCUT2D eigenvalue weighted by molar-refractivity contribution is 0.0967. The first-order valence-electron chi connectivity index (χ1n) is 5.03. The van der Waals surface area contributed by atoms with E-state index in [2.05, 4.69) is 6.07 Å². The number of aryl methyl sites for hydroxylation is 1. The van der Waals surface area contributed by atoms with Gasteiger partial charge >= 0.3 is 0 Å². The fourth-order valence-electron chi connectivity index (χ4n) is 2.52. The van der Waals surface area contributed by atoms with Crippen LogP contribution in [-0.2, 0) is 19.3 Å². The maximum Gasteiger partial charge on any atom is 0.167 e. The molecule has 0 fully saturated rings. The maximum atomic E-state index is 11.2. The van der Waals surface area contributed by atoms with Crippen molar-refractivity contribution in [3.63, 3.8) is 0 Å². The maximum absolute atomic E-state index is 11.2. The zero-order chi connectivity index (χ0) is 8.84. The molecule has 66 valence electrons. The van der Waals surface area contributed by atoms with E-state index in [0.29, 0.717) is 12.2 Å². The summed E-state index contributed by atoms with van der Waals surface area (Å²) >= 11 is 0. The van der Waals surface area contributed by atoms with Crippen molar-refractivity contribution in [1.29, 1.82) is 0 Å². The number of hydrogen-bond donors (Lipinski definition) is 0. The Bertz CT molecular complexity index is 390. The predicted molar refractivity (Wildman–Crippen MR) is 51.1 cm³/mol. The summed E-state index contributed by atoms with van der Waals surface area (Å²) in [5.41, 5.74) is 5.36. The topological polar surface area (TPSA) is 17.1 Å². The van der Waals surface area contributed by atoms with Gasteiger partial charge in [-0.3, -0.25) is 4.79 Å². The van der Waals surface area contributed by atoms with Gasteiger partial charge in [-0.2, -0.15) is 0 Å². The lowest BCUT2D eigenvalue weighted by Gasteiger charge is -2.26. The van der Waals surface area contributed by atoms with E-state index < -0.39 is 0 Å². The summed E-state index contributed by atoms with van der Waals surface area (Å²) in [6.07, 6.45) is 5.75. The molecule has 0 unspecified atom stereocenters. The van der Waals surface area contributed by atoms with E-state index in [-0.39, 0.29) is 0 Å². The third-order valence-corrected chi connectivity index (χ3v) is 3.29. The molecule has 3 rings (SSSR count). The van der Waals surface area contributed by atoms with E-state index >= 15 is 0 Å². The zero-order valence-electron chi connectivity index (χ0n) is 7.60. The number of rotatable bonds is 0. The van der Waals surface area contributed by atoms with Crippen molar-refractivity contribution in [2.45, 2.75) is 32.1 Å². The largest absolute Gasteiger partial charge is 0.294 e. The summed E-state index contributed by atoms with van der Waals surface area (Å²) in [6, 6.07) is 4.18. The third-order valence-electron chi connectivity index (χ3n) is 3.29. The van der Waals surface area contributed by atoms with Gasteiger partial charge in [0.05, 0.1) is 0 Å². The molecule has 0 heterocycles. The van der Waals surface area contributed by atoms with E-state index in [1.807, 2.05) is 6.07 Å². The van der Waals surface area contributed by atoms with Gasteiger partial charge in [-0.25, -0.2) is 0 Å². The highest BCUT2D eigenvalue weighted by Crippen LogP contribution is 2.33. The van der Waals surface area contributed by atoms with E-state index in [4.69, 9.17) is 0 Å². The molecule has 1 aromatic rings. The molecule has 1 nitrogen and oxygen atoms in total. The van der Waals surface area contributed by atoms with E-state index in [1.165, 1.54) is 42.4 Å². The van der Waals surface area contributed by atoms with Crippen LogP contribution in [0.3, 0.4) is 0 Å². The van der Waals surface area contributed by atoms with Gasteiger partial charge in [-0.1, -0.05) is 12.1 Å². The minimum atomic E-state index is 0.336. The van der Waals surface area contributed by atoms with Gasteiger partial charge in [-0.05, 0) is 42.4 Å². The zero-order valence-corrected chi connectivity index (χ0v) is 7.60. The minimum absolute atomic E-state index is 0.336. The molecule has 0 aliphatic heterocycles. The fraction of sp³-hybridized carbons (Fsp3) is 0.417. The minimum Gasteiger partial charge on any atom is -0.294 e. The first-order chi connectivity index (χ1) is 6.36. The highest BCUT2D eigenvalue weighted by Gasteiger charge is 2.27. The van der Waals surface area contributed by atoms with Crippen LogP contribution in [-0.4, -0.2) is 5.78 Å². The van der Waals surface area contributed by atoms with Crippen LogP contribution in [0.15, 0.2) is 12.1 Å². The Morgan fingerprint density at radius 2 is 1.85 bits per heavy atom. The second-order valence-electron chi connectivity index (χ2n) is 4.04. The van der Waals surface area contributed by atoms with E-state index in [9.17, 15) is 4.79 Å². The molecule has 0 radical (unpaired) electrons. The number of benzene rings is 1. The molecular weight excluding hydrogens is 160 g/mol. The summed E-state index contributed by atoms with van der Waals surface area (Å²) in [7, 11) is 0. The smallest absolute Gasteiger partial charge is 0.167 e. The molecule has 0 saturated carbocycles. The van der Waals surface area contributed by atoms with Crippen molar-refractivity contribution in [2.75, 3.05) is 0 Å². The van der Waals surface area contributed by atoms with Gasteiger partial charge in [0.1, 0.15) is 0 Å². The normalized spacial score (nSPS) is 18.9. The number of ketones is 1. The molecule has 0 bridgehead atoms. The number of Topliss-reactive ketones (excluding diaryl/α,β-unsaturated/α-hetero) is 1. The fourth-order valence-corrected chi connectivity index (χ4v) is 2.52. The average Bonchev–Trinajstić information content (AvgIpc) is 2.16. The predicted octanol–water partition coefficient (Wildman–Crippen LogP) is 2.30. The quantitative estimate of drug-likeness (QED) is 0.587. The van der Waals surface area contributed by atoms with Crippen LogP contribution >= 0.6 is 0 Å². The van der Waals surface area contributed by atoms with Gasteiger partial charge in [0, 0.05) is 12.0 Å². The lowest BCUT2D eigenvalue weighted by atomic mass is 9.77. The molecule has 0 spiro atoms. The Balaban J connectivity index is 2.19. The van der Waals surface area contributed by atoms with Crippen LogP contribution in [0, 0.1) is 0 Å². The highest BCUT2D eigenvalue weighted by molar-refractivity contribution is 6.07. The van der Waals surface area contributed by atoms with Gasteiger partial charge in [0.15, 0.2) is 5.78 Å². The van der Waals surface area contributed by atoms with Gasteiger partial charge < -0.3 is 0 Å². The Kier molecular flexibility index (Phi) is 1.37. The van der Waals surface area contributed by atoms with Crippen LogP contribution in [0.1, 0.15) is 39.9 Å². The Morgan fingerprint density at radius 1 is 1.00 bits per heavy atom. The van der Waals surface area contributed by atoms with Crippen molar-refractivity contribution in [3.8, 4) is 0 Å². The molecule has 0 N–H and O–H groups in total. The summed E-state index contributed by atoms with van der Waals surface area (Å²) in [5, 5.41) is 0. The molecule has 2 aliphatic rings. The lowest BCUT2D eigenvalue weighted by Crippen LogP contribution is -2.23. The number of fused-ring (bicyclic) bond motifs is 3. The van der Waals surface area contributed by atoms with Gasteiger partial charge in [0.25, 0.3) is 0 Å². The van der Waals surface area contributed by atoms with Crippen LogP contribution in [0.4, 0.5) is 0 Å². The van der Waals surface area contributed by atoms with Crippen molar-refractivity contribution in [2.24, 2.45) is 0 Å². The van der Waals surface area contributed by atoms with E-state index in [0.717, 1.165) is 5.56 Å². The van der Waals surface area contributed by atoms with Gasteiger partial charge in [-0.15, -0.1) is 0 Å². The Labute approximate surface area is 77.8 Å². The van der Waals surface area contributed by atoms with Crippen molar-refractivity contribution in [1.82, 2.24) is 0 Å². The highest BCUT2D eigenvalue weighted by atomic mass is 16.1. The molecule has 0 aromatic heterocycles. The molecule has 0 atom stereocenters. The summed E-state index contributed by atoms with van der Waals surface area (Å²) in [4.78, 5) is 11.2. The first-order valence-corrected chi connectivity index (χ1v) is 5.03. The molecule has 1 aromatic carbocycles. The Hall–Kier alpha value is -1.11. The summed E-state index contributed by atoms with van der Waals surface area (Å²) < 4.78 is 0. The van der Waals surface area contributed by atoms with Crippen molar-refractivity contribution >= 4 is 5.78 Å². The molecular formula is C12H12O. The van der Waals surface area contributed by atoms with Crippen molar-refractivity contribution < 1.29 is 4.79 Å². The van der Waals surface area contributed by atoms with E-state index in [1.54, 1.807) is 0 Å². The van der Waals surface area contributed by atoms with Crippen molar-refractivity contribution in [3.05, 3.63) is 34.4 Å². The second-order valence-corrected chi connectivity index (χ2v) is 4.04. The average molecular weight is 172 g/mol. The SMILES string of the molecule is O=C1Cc2c1ccc1c2CCCC1. The first kappa shape index (κ1) is 7.31. The monoisotopic (exact) mass is 172 g/mol. The number of carbonyl (C=O) groups excluding carboxylic acids is 1. The van der Waals surface area contributed by atoms with Crippen LogP contribution in [0.25, 0.3) is 0 Å². The van der Waals surface area contributed by atoms with Crippen LogP contribution in [0.5, 0.6) is 0 Å². The van der Waals surface area contributed by atoms with Gasteiger partial charge in [0.2, 0.25) is 0 Å². The second kappa shape index (κ2) is 2.44. The van der Waals surface area contributed by atoms with Crippen LogP contribution < -0.4 is 0 Å². The summed E-state index contributed by atoms with van der Waals surface area (Å²) in [5.74, 6) is 0.336. The summed E-state index contributed by atoms with van der Waals surface area (Å²) in [6.45, 7) is 0. The molecule has 0 saturated heterocycles. The number of hydrogen-bond acceptors (Lipinski definition) is 1. The van der Waals surface area contributed by atoms with Crippen LogP contribution in [0.2, 0.25) is 0 Å². The molecule has 0 amide bonds. The molecule has 13 heavy (non-hydrogen) atoms.